The Morgan fingerprint density at radius 2 is 1.92 bits per heavy atom. The van der Waals surface area contributed by atoms with E-state index in [-0.39, 0.29) is 29.6 Å². The summed E-state index contributed by atoms with van der Waals surface area (Å²) in [5.41, 5.74) is 6.01. The average Bonchev–Trinajstić information content (AvgIpc) is 3.28. The number of aryl methyl sites for hydroxylation is 1. The molecule has 0 aliphatic carbocycles. The van der Waals surface area contributed by atoms with Crippen LogP contribution in [0.3, 0.4) is 0 Å². The Hall–Kier alpha value is -3.55. The first-order valence-electron chi connectivity index (χ1n) is 11.4. The first kappa shape index (κ1) is 25.5. The van der Waals surface area contributed by atoms with Gasteiger partial charge >= 0.3 is 0 Å². The molecule has 1 unspecified atom stereocenters. The van der Waals surface area contributed by atoms with E-state index in [0.29, 0.717) is 45.2 Å². The van der Waals surface area contributed by atoms with Gasteiger partial charge in [-0.15, -0.1) is 11.6 Å². The molecule has 1 atom stereocenters. The van der Waals surface area contributed by atoms with E-state index in [2.05, 4.69) is 20.9 Å². The Kier molecular flexibility index (Phi) is 7.52. The summed E-state index contributed by atoms with van der Waals surface area (Å²) < 4.78 is 0. The van der Waals surface area contributed by atoms with Crippen molar-refractivity contribution in [1.29, 1.82) is 0 Å². The Morgan fingerprint density at radius 1 is 1.14 bits per heavy atom. The molecule has 0 saturated carbocycles. The fourth-order valence-electron chi connectivity index (χ4n) is 4.27. The Labute approximate surface area is 219 Å². The molecule has 1 aliphatic heterocycles. The second kappa shape index (κ2) is 10.6. The van der Waals surface area contributed by atoms with Crippen molar-refractivity contribution in [3.05, 3.63) is 81.1 Å². The minimum absolute atomic E-state index is 0.120. The number of nitrogens with one attached hydrogen (secondary N) is 4. The first-order valence-corrected chi connectivity index (χ1v) is 12.3. The maximum atomic E-state index is 13.0. The van der Waals surface area contributed by atoms with Gasteiger partial charge in [-0.2, -0.15) is 0 Å². The van der Waals surface area contributed by atoms with Crippen LogP contribution in [0.2, 0.25) is 5.02 Å². The summed E-state index contributed by atoms with van der Waals surface area (Å²) in [4.78, 5) is 40.7. The maximum absolute atomic E-state index is 13.0. The molecule has 3 amide bonds. The van der Waals surface area contributed by atoms with Crippen LogP contribution in [-0.4, -0.2) is 34.6 Å². The van der Waals surface area contributed by atoms with Crippen LogP contribution < -0.4 is 16.0 Å². The summed E-state index contributed by atoms with van der Waals surface area (Å²) in [6.45, 7) is 5.60. The summed E-state index contributed by atoms with van der Waals surface area (Å²) in [6, 6.07) is 12.5. The number of aromatic amines is 1. The van der Waals surface area contributed by atoms with E-state index in [4.69, 9.17) is 23.2 Å². The van der Waals surface area contributed by atoms with Crippen LogP contribution in [0.1, 0.15) is 45.4 Å². The van der Waals surface area contributed by atoms with Gasteiger partial charge in [0.1, 0.15) is 5.88 Å². The Morgan fingerprint density at radius 3 is 2.64 bits per heavy atom. The van der Waals surface area contributed by atoms with Gasteiger partial charge in [0, 0.05) is 39.3 Å². The molecular weight excluding hydrogens is 499 g/mol. The normalized spacial score (nSPS) is 14.4. The zero-order chi connectivity index (χ0) is 26.0. The van der Waals surface area contributed by atoms with Crippen LogP contribution in [0.15, 0.2) is 42.5 Å². The molecule has 2 heterocycles. The lowest BCUT2D eigenvalue weighted by Crippen LogP contribution is -2.34. The minimum Gasteiger partial charge on any atom is -0.357 e. The second-order valence-corrected chi connectivity index (χ2v) is 9.53. The highest BCUT2D eigenvalue weighted by atomic mass is 35.5. The number of hydrogen-bond acceptors (Lipinski definition) is 3. The molecule has 0 spiro atoms. The summed E-state index contributed by atoms with van der Waals surface area (Å²) in [5, 5.41) is 9.28. The molecule has 0 bridgehead atoms. The number of carbonyl (C=O) groups excluding carboxylic acids is 3. The number of anilines is 2. The van der Waals surface area contributed by atoms with Crippen LogP contribution in [0.25, 0.3) is 11.6 Å². The Bertz CT molecular complexity index is 1390. The van der Waals surface area contributed by atoms with E-state index in [0.717, 1.165) is 16.8 Å². The average molecular weight is 525 g/mol. The maximum Gasteiger partial charge on any atom is 0.256 e. The summed E-state index contributed by atoms with van der Waals surface area (Å²) >= 11 is 11.7. The van der Waals surface area contributed by atoms with Gasteiger partial charge in [0.2, 0.25) is 5.91 Å². The molecule has 0 fully saturated rings. The van der Waals surface area contributed by atoms with Gasteiger partial charge in [0.15, 0.2) is 0 Å². The quantitative estimate of drug-likeness (QED) is 0.248. The highest BCUT2D eigenvalue weighted by Gasteiger charge is 2.26. The zero-order valence-electron chi connectivity index (χ0n) is 20.1. The van der Waals surface area contributed by atoms with Crippen LogP contribution in [0.4, 0.5) is 11.4 Å². The van der Waals surface area contributed by atoms with Gasteiger partial charge in [-0.3, -0.25) is 14.4 Å². The number of benzene rings is 2. The number of fused-ring (bicyclic) bond motifs is 1. The van der Waals surface area contributed by atoms with Crippen molar-refractivity contribution in [3.63, 3.8) is 0 Å². The monoisotopic (exact) mass is 524 g/mol. The SMILES string of the molecule is Cc1[nH]c(C=C2C(=O)Nc3ccc(C(=O)NC(C)Cc4cccc(Cl)c4)cc32)c(C)c1NC(=O)CCl. The van der Waals surface area contributed by atoms with Crippen molar-refractivity contribution in [2.45, 2.75) is 33.2 Å². The predicted molar refractivity (Wildman–Crippen MR) is 145 cm³/mol. The lowest BCUT2D eigenvalue weighted by Gasteiger charge is -2.15. The molecule has 0 radical (unpaired) electrons. The van der Waals surface area contributed by atoms with Gasteiger partial charge in [-0.1, -0.05) is 23.7 Å². The predicted octanol–water partition coefficient (Wildman–Crippen LogP) is 5.32. The molecule has 7 nitrogen and oxygen atoms in total. The number of aromatic nitrogens is 1. The van der Waals surface area contributed by atoms with E-state index in [9.17, 15) is 14.4 Å². The van der Waals surface area contributed by atoms with Crippen molar-refractivity contribution in [2.75, 3.05) is 16.5 Å². The summed E-state index contributed by atoms with van der Waals surface area (Å²) in [7, 11) is 0. The summed E-state index contributed by atoms with van der Waals surface area (Å²) in [6.07, 6.45) is 2.36. The van der Waals surface area contributed by atoms with Gasteiger partial charge in [-0.25, -0.2) is 0 Å². The number of alkyl halides is 1. The van der Waals surface area contributed by atoms with Crippen molar-refractivity contribution in [1.82, 2.24) is 10.3 Å². The third kappa shape index (κ3) is 5.48. The van der Waals surface area contributed by atoms with E-state index in [1.54, 1.807) is 24.3 Å². The molecule has 2 aromatic carbocycles. The largest absolute Gasteiger partial charge is 0.357 e. The number of amides is 3. The van der Waals surface area contributed by atoms with Crippen LogP contribution in [0, 0.1) is 13.8 Å². The minimum atomic E-state index is -0.315. The second-order valence-electron chi connectivity index (χ2n) is 8.83. The van der Waals surface area contributed by atoms with Crippen LogP contribution >= 0.6 is 23.2 Å². The van der Waals surface area contributed by atoms with E-state index < -0.39 is 0 Å². The molecule has 36 heavy (non-hydrogen) atoms. The molecule has 4 rings (SSSR count). The number of hydrogen-bond donors (Lipinski definition) is 4. The lowest BCUT2D eigenvalue weighted by atomic mass is 10.0. The first-order chi connectivity index (χ1) is 17.2. The number of rotatable bonds is 7. The smallest absolute Gasteiger partial charge is 0.256 e. The van der Waals surface area contributed by atoms with E-state index in [1.165, 1.54) is 0 Å². The molecular formula is C27H26Cl2N4O3. The third-order valence-corrected chi connectivity index (χ3v) is 6.50. The number of carbonyl (C=O) groups is 3. The Balaban J connectivity index is 1.57. The van der Waals surface area contributed by atoms with Gasteiger partial charge in [0.25, 0.3) is 11.8 Å². The summed E-state index contributed by atoms with van der Waals surface area (Å²) in [5.74, 6) is -0.970. The molecule has 186 valence electrons. The van der Waals surface area contributed by atoms with Gasteiger partial charge in [-0.05, 0) is 74.7 Å². The van der Waals surface area contributed by atoms with Crippen molar-refractivity contribution in [2.24, 2.45) is 0 Å². The highest BCUT2D eigenvalue weighted by Crippen LogP contribution is 2.35. The molecule has 3 aromatic rings. The van der Waals surface area contributed by atoms with E-state index in [1.807, 2.05) is 45.0 Å². The van der Waals surface area contributed by atoms with Crippen molar-refractivity contribution < 1.29 is 14.4 Å². The van der Waals surface area contributed by atoms with Crippen molar-refractivity contribution in [3.8, 4) is 0 Å². The number of halogens is 2. The van der Waals surface area contributed by atoms with Gasteiger partial charge in [0.05, 0.1) is 11.3 Å². The highest BCUT2D eigenvalue weighted by molar-refractivity contribution is 6.35. The van der Waals surface area contributed by atoms with Crippen molar-refractivity contribution >= 4 is 63.9 Å². The lowest BCUT2D eigenvalue weighted by molar-refractivity contribution is -0.114. The van der Waals surface area contributed by atoms with E-state index >= 15 is 0 Å². The molecule has 1 aliphatic rings. The van der Waals surface area contributed by atoms with Gasteiger partial charge < -0.3 is 20.9 Å². The zero-order valence-corrected chi connectivity index (χ0v) is 21.6. The number of H-pyrrole nitrogens is 1. The van der Waals surface area contributed by atoms with Crippen LogP contribution in [0.5, 0.6) is 0 Å². The topological polar surface area (TPSA) is 103 Å². The fourth-order valence-corrected chi connectivity index (χ4v) is 4.55. The van der Waals surface area contributed by atoms with Crippen LogP contribution in [-0.2, 0) is 16.0 Å². The third-order valence-electron chi connectivity index (χ3n) is 6.02. The molecule has 4 N–H and O–H groups in total. The molecule has 1 aromatic heterocycles. The molecule has 9 heteroatoms. The standard InChI is InChI=1S/C27H26Cl2N4O3/c1-14(9-17-5-4-6-19(29)10-17)30-26(35)18-7-8-22-20(11-18)21(27(36)32-22)12-23-15(2)25(16(3)31-23)33-24(34)13-28/h4-8,10-12,14,31H,9,13H2,1-3H3,(H,30,35)(H,32,36)(H,33,34). The molecule has 0 saturated heterocycles. The fraction of sp³-hybridized carbons (Fsp3) is 0.222.